The first-order chi connectivity index (χ1) is 4.77. The van der Waals surface area contributed by atoms with Gasteiger partial charge in [0, 0.05) is 8.07 Å². The molecule has 0 aliphatic heterocycles. The third kappa shape index (κ3) is 6.32. The standard InChI is InChI=1S/C9H20OSi/c1-6-7-9(2,10)8-11(3,4)5/h6,10H,1,7-8H2,2-5H3. The molecule has 0 bridgehead atoms. The molecule has 66 valence electrons. The Kier molecular flexibility index (Phi) is 3.52. The topological polar surface area (TPSA) is 20.2 Å². The summed E-state index contributed by atoms with van der Waals surface area (Å²) in [5.74, 6) is 0. The first kappa shape index (κ1) is 10.9. The molecule has 2 heteroatoms. The van der Waals surface area contributed by atoms with Crippen molar-refractivity contribution < 1.29 is 5.11 Å². The maximum atomic E-state index is 9.81. The second-order valence-corrected chi connectivity index (χ2v) is 10.2. The Bertz CT molecular complexity index is 133. The normalized spacial score (nSPS) is 17.5. The van der Waals surface area contributed by atoms with Crippen molar-refractivity contribution in [2.24, 2.45) is 0 Å². The predicted molar refractivity (Wildman–Crippen MR) is 53.6 cm³/mol. The average Bonchev–Trinajstić information content (AvgIpc) is 1.55. The van der Waals surface area contributed by atoms with Gasteiger partial charge in [-0.2, -0.15) is 0 Å². The second kappa shape index (κ2) is 3.54. The fraction of sp³-hybridized carbons (Fsp3) is 0.778. The lowest BCUT2D eigenvalue weighted by Gasteiger charge is -2.28. The van der Waals surface area contributed by atoms with E-state index in [1.54, 1.807) is 6.08 Å². The van der Waals surface area contributed by atoms with Crippen LogP contribution in [0.5, 0.6) is 0 Å². The van der Waals surface area contributed by atoms with Crippen LogP contribution in [0.15, 0.2) is 12.7 Å². The van der Waals surface area contributed by atoms with Crippen LogP contribution < -0.4 is 0 Å². The molecule has 0 aromatic heterocycles. The average molecular weight is 172 g/mol. The summed E-state index contributed by atoms with van der Waals surface area (Å²) in [6.07, 6.45) is 2.50. The van der Waals surface area contributed by atoms with Gasteiger partial charge in [-0.25, -0.2) is 0 Å². The van der Waals surface area contributed by atoms with Crippen LogP contribution in [0.3, 0.4) is 0 Å². The molecule has 11 heavy (non-hydrogen) atoms. The zero-order valence-electron chi connectivity index (χ0n) is 8.15. The third-order valence-corrected chi connectivity index (χ3v) is 3.32. The van der Waals surface area contributed by atoms with Gasteiger partial charge in [0.25, 0.3) is 0 Å². The Morgan fingerprint density at radius 1 is 1.45 bits per heavy atom. The summed E-state index contributed by atoms with van der Waals surface area (Å²) in [7, 11) is -1.13. The molecular weight excluding hydrogens is 152 g/mol. The minimum Gasteiger partial charge on any atom is -0.390 e. The van der Waals surface area contributed by atoms with E-state index >= 15 is 0 Å². The first-order valence-corrected chi connectivity index (χ1v) is 7.81. The molecule has 0 aliphatic carbocycles. The minimum atomic E-state index is -1.13. The van der Waals surface area contributed by atoms with Crippen molar-refractivity contribution in [2.45, 2.75) is 44.6 Å². The maximum absolute atomic E-state index is 9.81. The Hall–Kier alpha value is -0.0831. The summed E-state index contributed by atoms with van der Waals surface area (Å²) in [5, 5.41) is 9.81. The molecule has 0 saturated heterocycles. The van der Waals surface area contributed by atoms with E-state index in [-0.39, 0.29) is 0 Å². The molecule has 0 saturated carbocycles. The zero-order valence-corrected chi connectivity index (χ0v) is 9.15. The van der Waals surface area contributed by atoms with Crippen LogP contribution in [0.4, 0.5) is 0 Å². The largest absolute Gasteiger partial charge is 0.390 e. The van der Waals surface area contributed by atoms with Gasteiger partial charge in [-0.15, -0.1) is 6.58 Å². The molecule has 1 atom stereocenters. The lowest BCUT2D eigenvalue weighted by atomic mass is 10.1. The van der Waals surface area contributed by atoms with Gasteiger partial charge in [0.1, 0.15) is 0 Å². The summed E-state index contributed by atoms with van der Waals surface area (Å²) in [5.41, 5.74) is -0.522. The zero-order chi connectivity index (χ0) is 9.12. The Balaban J connectivity index is 4.00. The monoisotopic (exact) mass is 172 g/mol. The van der Waals surface area contributed by atoms with Crippen molar-refractivity contribution >= 4 is 8.07 Å². The van der Waals surface area contributed by atoms with Crippen LogP contribution in [0.1, 0.15) is 13.3 Å². The molecule has 0 radical (unpaired) electrons. The quantitative estimate of drug-likeness (QED) is 0.510. The molecule has 0 rings (SSSR count). The van der Waals surface area contributed by atoms with E-state index < -0.39 is 13.7 Å². The van der Waals surface area contributed by atoms with E-state index in [9.17, 15) is 5.11 Å². The van der Waals surface area contributed by atoms with Crippen LogP contribution in [0, 0.1) is 0 Å². The van der Waals surface area contributed by atoms with Crippen molar-refractivity contribution in [1.29, 1.82) is 0 Å². The molecule has 0 fully saturated rings. The van der Waals surface area contributed by atoms with Crippen molar-refractivity contribution in [3.63, 3.8) is 0 Å². The molecule has 0 aromatic rings. The molecule has 0 amide bonds. The first-order valence-electron chi connectivity index (χ1n) is 4.10. The summed E-state index contributed by atoms with van der Waals surface area (Å²) >= 11 is 0. The molecule has 0 aliphatic rings. The van der Waals surface area contributed by atoms with Crippen LogP contribution in [0.2, 0.25) is 25.7 Å². The molecule has 1 N–H and O–H groups in total. The Morgan fingerprint density at radius 2 is 1.91 bits per heavy atom. The summed E-state index contributed by atoms with van der Waals surface area (Å²) in [6.45, 7) is 12.3. The highest BCUT2D eigenvalue weighted by Crippen LogP contribution is 2.23. The Labute approximate surface area is 71.1 Å². The van der Waals surface area contributed by atoms with Gasteiger partial charge in [-0.1, -0.05) is 25.7 Å². The van der Waals surface area contributed by atoms with Crippen molar-refractivity contribution in [3.8, 4) is 0 Å². The van der Waals surface area contributed by atoms with Crippen molar-refractivity contribution in [3.05, 3.63) is 12.7 Å². The summed E-state index contributed by atoms with van der Waals surface area (Å²) in [4.78, 5) is 0. The van der Waals surface area contributed by atoms with E-state index in [2.05, 4.69) is 26.2 Å². The van der Waals surface area contributed by atoms with E-state index in [4.69, 9.17) is 0 Å². The molecule has 0 aromatic carbocycles. The van der Waals surface area contributed by atoms with Crippen LogP contribution in [-0.2, 0) is 0 Å². The SMILES string of the molecule is C=CCC(C)(O)C[Si](C)(C)C. The summed E-state index contributed by atoms with van der Waals surface area (Å²) < 4.78 is 0. The van der Waals surface area contributed by atoms with Crippen LogP contribution >= 0.6 is 0 Å². The molecule has 0 heterocycles. The Morgan fingerprint density at radius 3 is 2.18 bits per heavy atom. The maximum Gasteiger partial charge on any atom is 0.0630 e. The van der Waals surface area contributed by atoms with Gasteiger partial charge < -0.3 is 5.11 Å². The lowest BCUT2D eigenvalue weighted by Crippen LogP contribution is -2.34. The van der Waals surface area contributed by atoms with E-state index in [1.165, 1.54) is 0 Å². The summed E-state index contributed by atoms with van der Waals surface area (Å²) in [6, 6.07) is 0.950. The van der Waals surface area contributed by atoms with Gasteiger partial charge >= 0.3 is 0 Å². The smallest absolute Gasteiger partial charge is 0.0630 e. The molecule has 1 nitrogen and oxygen atoms in total. The van der Waals surface area contributed by atoms with E-state index in [0.717, 1.165) is 6.04 Å². The number of hydrogen-bond acceptors (Lipinski definition) is 1. The van der Waals surface area contributed by atoms with E-state index in [0.29, 0.717) is 6.42 Å². The van der Waals surface area contributed by atoms with Gasteiger partial charge in [0.15, 0.2) is 0 Å². The lowest BCUT2D eigenvalue weighted by molar-refractivity contribution is 0.0824. The van der Waals surface area contributed by atoms with Crippen molar-refractivity contribution in [1.82, 2.24) is 0 Å². The molecular formula is C9H20OSi. The van der Waals surface area contributed by atoms with Gasteiger partial charge in [-0.3, -0.25) is 0 Å². The predicted octanol–water partition coefficient (Wildman–Crippen LogP) is 2.65. The fourth-order valence-electron chi connectivity index (χ4n) is 1.53. The van der Waals surface area contributed by atoms with Gasteiger partial charge in [0.2, 0.25) is 0 Å². The molecule has 1 unspecified atom stereocenters. The number of hydrogen-bond donors (Lipinski definition) is 1. The highest BCUT2D eigenvalue weighted by atomic mass is 28.3. The third-order valence-electron chi connectivity index (χ3n) is 1.50. The minimum absolute atomic E-state index is 0.522. The highest BCUT2D eigenvalue weighted by molar-refractivity contribution is 6.76. The van der Waals surface area contributed by atoms with Gasteiger partial charge in [-0.05, 0) is 19.4 Å². The fourth-order valence-corrected chi connectivity index (χ4v) is 3.95. The van der Waals surface area contributed by atoms with Gasteiger partial charge in [0.05, 0.1) is 5.60 Å². The van der Waals surface area contributed by atoms with Crippen molar-refractivity contribution in [2.75, 3.05) is 0 Å². The van der Waals surface area contributed by atoms with Crippen LogP contribution in [0.25, 0.3) is 0 Å². The highest BCUT2D eigenvalue weighted by Gasteiger charge is 2.27. The second-order valence-electron chi connectivity index (χ2n) is 4.73. The van der Waals surface area contributed by atoms with E-state index in [1.807, 2.05) is 6.92 Å². The number of aliphatic hydroxyl groups is 1. The van der Waals surface area contributed by atoms with Crippen LogP contribution in [-0.4, -0.2) is 18.8 Å². The molecule has 0 spiro atoms. The number of rotatable bonds is 4.